The minimum atomic E-state index is -1.20. The highest BCUT2D eigenvalue weighted by Gasteiger charge is 2.80. The van der Waals surface area contributed by atoms with Gasteiger partial charge >= 0.3 is 0 Å². The molecule has 1 aromatic carbocycles. The highest BCUT2D eigenvalue weighted by Crippen LogP contribution is 2.66. The number of morpholine rings is 1. The molecule has 4 saturated heterocycles. The molecular formula is C37H54N4O6. The third kappa shape index (κ3) is 6.54. The number of carbonyl (C=O) groups is 3. The van der Waals surface area contributed by atoms with Crippen LogP contribution in [0.25, 0.3) is 0 Å². The first-order chi connectivity index (χ1) is 22.5. The lowest BCUT2D eigenvalue weighted by atomic mass is 9.62. The molecule has 3 unspecified atom stereocenters. The molecule has 0 aliphatic carbocycles. The molecule has 7 atom stereocenters. The van der Waals surface area contributed by atoms with Crippen molar-refractivity contribution in [2.45, 2.75) is 70.4 Å². The number of likely N-dealkylation sites (tertiary alicyclic amines) is 1. The molecule has 1 aromatic rings. The molecule has 5 rings (SSSR count). The minimum Gasteiger partial charge on any atom is -0.394 e. The molecular weight excluding hydrogens is 596 g/mol. The van der Waals surface area contributed by atoms with Gasteiger partial charge < -0.3 is 29.3 Å². The van der Waals surface area contributed by atoms with E-state index in [0.29, 0.717) is 58.8 Å². The van der Waals surface area contributed by atoms with Crippen molar-refractivity contribution < 1.29 is 29.0 Å². The summed E-state index contributed by atoms with van der Waals surface area (Å²) in [5, 5.41) is 10.7. The maximum atomic E-state index is 14.9. The average Bonchev–Trinajstić information content (AvgIpc) is 3.58. The van der Waals surface area contributed by atoms with Crippen LogP contribution in [0.1, 0.15) is 46.1 Å². The van der Waals surface area contributed by atoms with E-state index in [1.54, 1.807) is 26.9 Å². The molecule has 258 valence electrons. The predicted octanol–water partition coefficient (Wildman–Crippen LogP) is 2.97. The summed E-state index contributed by atoms with van der Waals surface area (Å²) in [7, 11) is 0. The molecule has 4 aliphatic heterocycles. The zero-order valence-electron chi connectivity index (χ0n) is 28.7. The fraction of sp³-hybridized carbons (Fsp3) is 0.649. The first-order valence-electron chi connectivity index (χ1n) is 17.3. The molecule has 10 heteroatoms. The number of nitrogens with zero attached hydrogens (tertiary/aromatic N) is 4. The zero-order valence-corrected chi connectivity index (χ0v) is 28.7. The Kier molecular flexibility index (Phi) is 11.0. The summed E-state index contributed by atoms with van der Waals surface area (Å²) < 4.78 is 12.5. The Bertz CT molecular complexity index is 1300. The van der Waals surface area contributed by atoms with Crippen LogP contribution in [0.15, 0.2) is 55.6 Å². The number of hydrogen-bond acceptors (Lipinski definition) is 7. The topological polar surface area (TPSA) is 103 Å². The van der Waals surface area contributed by atoms with Gasteiger partial charge in [-0.15, -0.1) is 13.2 Å². The maximum Gasteiger partial charge on any atom is 0.248 e. The lowest BCUT2D eigenvalue weighted by molar-refractivity contribution is -0.158. The summed E-state index contributed by atoms with van der Waals surface area (Å²) in [6.07, 6.45) is 4.41. The van der Waals surface area contributed by atoms with Crippen LogP contribution >= 0.6 is 0 Å². The number of rotatable bonds is 15. The van der Waals surface area contributed by atoms with E-state index in [2.05, 4.69) is 25.0 Å². The van der Waals surface area contributed by atoms with Crippen molar-refractivity contribution in [3.63, 3.8) is 0 Å². The normalized spacial score (nSPS) is 30.8. The van der Waals surface area contributed by atoms with Crippen LogP contribution in [0.3, 0.4) is 0 Å². The third-order valence-electron chi connectivity index (χ3n) is 10.9. The monoisotopic (exact) mass is 650 g/mol. The van der Waals surface area contributed by atoms with Crippen LogP contribution in [0.5, 0.6) is 0 Å². The van der Waals surface area contributed by atoms with E-state index in [9.17, 15) is 19.5 Å². The van der Waals surface area contributed by atoms with Crippen molar-refractivity contribution in [1.82, 2.24) is 19.6 Å². The molecule has 4 aliphatic rings. The highest BCUT2D eigenvalue weighted by atomic mass is 16.5. The molecule has 0 aromatic heterocycles. The standard InChI is InChI=1S/C37H54N4O6/c1-7-14-39(17-16-38-18-20-46-21-19-38)35(45)32-37-23-27(5)36(6,47-37)30(31(37)34(44)41(32)29(25-42)22-26(3)4)33(43)40(15-8-2)24-28-12-10-9-11-13-28/h7-13,26-27,29-32,42H,1-2,14-25H2,3-6H3/t27?,29-,30+,31+,32?,36-,37?/m1/s1. The van der Waals surface area contributed by atoms with E-state index >= 15 is 0 Å². The van der Waals surface area contributed by atoms with Crippen molar-refractivity contribution in [1.29, 1.82) is 0 Å². The van der Waals surface area contributed by atoms with Gasteiger partial charge in [-0.2, -0.15) is 0 Å². The molecule has 3 amide bonds. The fourth-order valence-electron chi connectivity index (χ4n) is 8.64. The van der Waals surface area contributed by atoms with Crippen molar-refractivity contribution >= 4 is 17.7 Å². The van der Waals surface area contributed by atoms with E-state index in [0.717, 1.165) is 18.7 Å². The molecule has 47 heavy (non-hydrogen) atoms. The Balaban J connectivity index is 1.55. The van der Waals surface area contributed by atoms with Gasteiger partial charge in [0.25, 0.3) is 0 Å². The Labute approximate surface area is 280 Å². The molecule has 1 N–H and O–H groups in total. The van der Waals surface area contributed by atoms with E-state index < -0.39 is 35.1 Å². The van der Waals surface area contributed by atoms with E-state index in [1.165, 1.54) is 0 Å². The van der Waals surface area contributed by atoms with Crippen LogP contribution in [-0.2, 0) is 30.4 Å². The lowest BCUT2D eigenvalue weighted by Gasteiger charge is -2.40. The molecule has 4 heterocycles. The van der Waals surface area contributed by atoms with Crippen molar-refractivity contribution in [3.8, 4) is 0 Å². The number of benzene rings is 1. The van der Waals surface area contributed by atoms with Gasteiger partial charge in [0, 0.05) is 45.8 Å². The number of fused-ring (bicyclic) bond motifs is 1. The predicted molar refractivity (Wildman–Crippen MR) is 180 cm³/mol. The molecule has 2 bridgehead atoms. The van der Waals surface area contributed by atoms with E-state index in [-0.39, 0.29) is 36.2 Å². The van der Waals surface area contributed by atoms with Crippen LogP contribution in [-0.4, -0.2) is 125 Å². The molecule has 4 fully saturated rings. The second kappa shape index (κ2) is 14.6. The SMILES string of the molecule is C=CCN(CCN1CCOCC1)C(=O)C1N([C@@H](CO)CC(C)C)C(=O)[C@@H]2[C@@H](C(=O)N(CC=C)Cc3ccccc3)[C@]3(C)OC12CC3C. The van der Waals surface area contributed by atoms with Gasteiger partial charge in [0.1, 0.15) is 11.6 Å². The van der Waals surface area contributed by atoms with Crippen molar-refractivity contribution in [3.05, 3.63) is 61.2 Å². The molecule has 10 nitrogen and oxygen atoms in total. The van der Waals surface area contributed by atoms with Gasteiger partial charge in [-0.25, -0.2) is 0 Å². The number of amides is 3. The Morgan fingerprint density at radius 3 is 2.36 bits per heavy atom. The van der Waals surface area contributed by atoms with Gasteiger partial charge in [-0.3, -0.25) is 19.3 Å². The summed E-state index contributed by atoms with van der Waals surface area (Å²) in [6.45, 7) is 20.7. The summed E-state index contributed by atoms with van der Waals surface area (Å²) in [5.41, 5.74) is -1.16. The largest absolute Gasteiger partial charge is 0.394 e. The van der Waals surface area contributed by atoms with E-state index in [4.69, 9.17) is 9.47 Å². The summed E-state index contributed by atoms with van der Waals surface area (Å²) in [5.74, 6) is -2.22. The highest BCUT2D eigenvalue weighted by molar-refractivity contribution is 5.99. The van der Waals surface area contributed by atoms with Crippen LogP contribution < -0.4 is 0 Å². The summed E-state index contributed by atoms with van der Waals surface area (Å²) >= 11 is 0. The third-order valence-corrected chi connectivity index (χ3v) is 10.9. The van der Waals surface area contributed by atoms with Crippen molar-refractivity contribution in [2.24, 2.45) is 23.7 Å². The molecule has 0 saturated carbocycles. The zero-order chi connectivity index (χ0) is 33.9. The van der Waals surface area contributed by atoms with Crippen molar-refractivity contribution in [2.75, 3.05) is 59.1 Å². The number of hydrogen-bond donors (Lipinski definition) is 1. The Morgan fingerprint density at radius 2 is 1.74 bits per heavy atom. The van der Waals surface area contributed by atoms with Gasteiger partial charge in [0.15, 0.2) is 0 Å². The molecule has 0 radical (unpaired) electrons. The van der Waals surface area contributed by atoms with Crippen LogP contribution in [0.2, 0.25) is 0 Å². The summed E-state index contributed by atoms with van der Waals surface area (Å²) in [6, 6.07) is 8.22. The maximum absolute atomic E-state index is 14.9. The number of ether oxygens (including phenoxy) is 2. The van der Waals surface area contributed by atoms with E-state index in [1.807, 2.05) is 51.1 Å². The van der Waals surface area contributed by atoms with Gasteiger partial charge in [-0.1, -0.05) is 63.3 Å². The lowest BCUT2D eigenvalue weighted by Crippen LogP contribution is -2.59. The number of aliphatic hydroxyl groups is 1. The average molecular weight is 651 g/mol. The van der Waals surface area contributed by atoms with Crippen LogP contribution in [0, 0.1) is 23.7 Å². The Hall–Kier alpha value is -3.05. The second-order valence-electron chi connectivity index (χ2n) is 14.4. The minimum absolute atomic E-state index is 0.0862. The van der Waals surface area contributed by atoms with Gasteiger partial charge in [0.2, 0.25) is 17.7 Å². The smallest absolute Gasteiger partial charge is 0.248 e. The van der Waals surface area contributed by atoms with Gasteiger partial charge in [0.05, 0.1) is 43.3 Å². The fourth-order valence-corrected chi connectivity index (χ4v) is 8.64. The second-order valence-corrected chi connectivity index (χ2v) is 14.4. The van der Waals surface area contributed by atoms with Gasteiger partial charge in [-0.05, 0) is 37.2 Å². The Morgan fingerprint density at radius 1 is 1.09 bits per heavy atom. The quantitative estimate of drug-likeness (QED) is 0.291. The summed E-state index contributed by atoms with van der Waals surface area (Å²) in [4.78, 5) is 52.0. The first-order valence-corrected chi connectivity index (χ1v) is 17.3. The van der Waals surface area contributed by atoms with Crippen LogP contribution in [0.4, 0.5) is 0 Å². The molecule has 1 spiro atoms. The first kappa shape index (κ1) is 35.3. The number of aliphatic hydroxyl groups excluding tert-OH is 1. The number of carbonyl (C=O) groups excluding carboxylic acids is 3.